The Morgan fingerprint density at radius 2 is 1.85 bits per heavy atom. The molecule has 2 nitrogen and oxygen atoms in total. The van der Waals surface area contributed by atoms with Crippen LogP contribution >= 0.6 is 0 Å². The Labute approximate surface area is 79.3 Å². The van der Waals surface area contributed by atoms with Crippen molar-refractivity contribution in [1.29, 1.82) is 0 Å². The zero-order chi connectivity index (χ0) is 9.15. The van der Waals surface area contributed by atoms with Gasteiger partial charge in [-0.15, -0.1) is 0 Å². The van der Waals surface area contributed by atoms with E-state index in [0.717, 1.165) is 30.8 Å². The van der Waals surface area contributed by atoms with Crippen LogP contribution in [-0.2, 0) is 4.74 Å². The van der Waals surface area contributed by atoms with E-state index in [2.05, 4.69) is 25.2 Å². The Morgan fingerprint density at radius 1 is 1.23 bits per heavy atom. The zero-order valence-electron chi connectivity index (χ0n) is 7.99. The number of morpholine rings is 1. The predicted molar refractivity (Wildman–Crippen MR) is 53.5 cm³/mol. The molecule has 0 spiro atoms. The van der Waals surface area contributed by atoms with E-state index in [0.29, 0.717) is 0 Å². The van der Waals surface area contributed by atoms with Gasteiger partial charge in [-0.2, -0.15) is 0 Å². The molecule has 0 aromatic heterocycles. The number of hydrogen-bond donors (Lipinski definition) is 0. The van der Waals surface area contributed by atoms with Crippen molar-refractivity contribution in [2.24, 2.45) is 0 Å². The fourth-order valence-electron chi connectivity index (χ4n) is 1.74. The molecule has 0 amide bonds. The minimum Gasteiger partial charge on any atom is -0.370 e. The summed E-state index contributed by atoms with van der Waals surface area (Å²) in [5, 5.41) is 0. The molecule has 0 aliphatic carbocycles. The normalized spacial score (nSPS) is 21.3. The van der Waals surface area contributed by atoms with Gasteiger partial charge in [-0.1, -0.05) is 0 Å². The van der Waals surface area contributed by atoms with Crippen LogP contribution in [0.25, 0.3) is 0 Å². The van der Waals surface area contributed by atoms with E-state index < -0.39 is 0 Å². The zero-order valence-corrected chi connectivity index (χ0v) is 7.99. The smallest absolute Gasteiger partial charge is 0.132 e. The first-order valence-corrected chi connectivity index (χ1v) is 4.70. The topological polar surface area (TPSA) is 9.23 Å². The van der Waals surface area contributed by atoms with Gasteiger partial charge in [-0.05, 0) is 30.3 Å². The third-order valence-corrected chi connectivity index (χ3v) is 2.78. The molecule has 1 aromatic carbocycles. The summed E-state index contributed by atoms with van der Waals surface area (Å²) >= 11 is 0. The van der Waals surface area contributed by atoms with Crippen LogP contribution in [0.4, 0.5) is 5.69 Å². The van der Waals surface area contributed by atoms with Crippen molar-refractivity contribution in [3.8, 4) is 0 Å². The Balaban J connectivity index is 2.23. The largest absolute Gasteiger partial charge is 0.370 e. The van der Waals surface area contributed by atoms with Crippen LogP contribution in [0.5, 0.6) is 0 Å². The van der Waals surface area contributed by atoms with E-state index in [4.69, 9.17) is 4.74 Å². The van der Waals surface area contributed by atoms with E-state index in [1.165, 1.54) is 5.69 Å². The number of benzene rings is 1. The summed E-state index contributed by atoms with van der Waals surface area (Å²) in [6.07, 6.45) is 0. The van der Waals surface area contributed by atoms with Gasteiger partial charge < -0.3 is 4.74 Å². The van der Waals surface area contributed by atoms with Gasteiger partial charge in [0.1, 0.15) is 18.8 Å². The molecule has 0 atom stereocenters. The van der Waals surface area contributed by atoms with E-state index in [9.17, 15) is 0 Å². The first-order chi connectivity index (χ1) is 6.31. The minimum absolute atomic E-state index is 0.870. The molecule has 1 aliphatic heterocycles. The lowest BCUT2D eigenvalue weighted by Gasteiger charge is -2.36. The lowest BCUT2D eigenvalue weighted by molar-refractivity contribution is 0.0526. The molecule has 1 heterocycles. The quantitative estimate of drug-likeness (QED) is 0.590. The molecule has 2 rings (SSSR count). The second-order valence-corrected chi connectivity index (χ2v) is 3.71. The first kappa shape index (κ1) is 8.73. The minimum atomic E-state index is 0.870. The molecule has 2 heteroatoms. The number of nitrogens with zero attached hydrogens (tertiary/aromatic N) is 1. The summed E-state index contributed by atoms with van der Waals surface area (Å²) < 4.78 is 6.36. The summed E-state index contributed by atoms with van der Waals surface area (Å²) in [5.74, 6) is 0. The van der Waals surface area contributed by atoms with Crippen molar-refractivity contribution in [1.82, 2.24) is 4.48 Å². The number of likely N-dealkylation sites (N-methyl/N-ethyl adjacent to an activating group) is 1. The van der Waals surface area contributed by atoms with Crippen LogP contribution in [0, 0.1) is 6.07 Å². The van der Waals surface area contributed by atoms with Gasteiger partial charge in [-0.25, -0.2) is 0 Å². The maximum atomic E-state index is 5.36. The molecule has 13 heavy (non-hydrogen) atoms. The number of quaternary nitrogens is 1. The summed E-state index contributed by atoms with van der Waals surface area (Å²) in [6, 6.07) is 11.3. The van der Waals surface area contributed by atoms with Crippen LogP contribution in [0.1, 0.15) is 0 Å². The van der Waals surface area contributed by atoms with Gasteiger partial charge in [0.2, 0.25) is 0 Å². The van der Waals surface area contributed by atoms with Gasteiger partial charge in [-0.3, -0.25) is 4.48 Å². The van der Waals surface area contributed by atoms with Crippen molar-refractivity contribution in [2.75, 3.05) is 33.4 Å². The molecule has 0 unspecified atom stereocenters. The maximum absolute atomic E-state index is 5.36. The van der Waals surface area contributed by atoms with Crippen molar-refractivity contribution in [3.63, 3.8) is 0 Å². The third kappa shape index (κ3) is 1.74. The fourth-order valence-corrected chi connectivity index (χ4v) is 1.74. The van der Waals surface area contributed by atoms with Gasteiger partial charge in [0.15, 0.2) is 0 Å². The molecule has 0 bridgehead atoms. The molecule has 1 aliphatic rings. The fraction of sp³-hybridized carbons (Fsp3) is 0.455. The van der Waals surface area contributed by atoms with Crippen LogP contribution in [0.15, 0.2) is 24.3 Å². The maximum Gasteiger partial charge on any atom is 0.132 e. The SMILES string of the molecule is C[N+]1(c2cc[c]cc2)CCOCC1. The molecule has 0 N–H and O–H groups in total. The highest BCUT2D eigenvalue weighted by Gasteiger charge is 2.27. The summed E-state index contributed by atoms with van der Waals surface area (Å²) in [4.78, 5) is 0. The number of hydrogen-bond acceptors (Lipinski definition) is 1. The van der Waals surface area contributed by atoms with Gasteiger partial charge >= 0.3 is 0 Å². The summed E-state index contributed by atoms with van der Waals surface area (Å²) in [7, 11) is 2.26. The molecule has 1 aromatic rings. The Morgan fingerprint density at radius 3 is 2.46 bits per heavy atom. The average Bonchev–Trinajstić information content (AvgIpc) is 2.20. The molecular formula is C11H15NO+. The van der Waals surface area contributed by atoms with Crippen molar-refractivity contribution >= 4 is 5.69 Å². The highest BCUT2D eigenvalue weighted by atomic mass is 16.5. The molecular weight excluding hydrogens is 162 g/mol. The monoisotopic (exact) mass is 177 g/mol. The molecule has 0 saturated carbocycles. The summed E-state index contributed by atoms with van der Waals surface area (Å²) in [6.45, 7) is 3.89. The number of ether oxygens (including phenoxy) is 1. The molecule has 69 valence electrons. The lowest BCUT2D eigenvalue weighted by Crippen LogP contribution is -2.53. The second-order valence-electron chi connectivity index (χ2n) is 3.71. The first-order valence-electron chi connectivity index (χ1n) is 4.70. The van der Waals surface area contributed by atoms with E-state index in [1.807, 2.05) is 12.1 Å². The predicted octanol–water partition coefficient (Wildman–Crippen LogP) is 1.45. The van der Waals surface area contributed by atoms with Gasteiger partial charge in [0.05, 0.1) is 20.3 Å². The molecule has 1 saturated heterocycles. The van der Waals surface area contributed by atoms with Crippen LogP contribution < -0.4 is 4.48 Å². The lowest BCUT2D eigenvalue weighted by atomic mass is 10.2. The van der Waals surface area contributed by atoms with E-state index >= 15 is 0 Å². The average molecular weight is 177 g/mol. The summed E-state index contributed by atoms with van der Waals surface area (Å²) in [5.41, 5.74) is 1.36. The highest BCUT2D eigenvalue weighted by molar-refractivity contribution is 5.41. The second kappa shape index (κ2) is 3.48. The Kier molecular flexibility index (Phi) is 2.34. The van der Waals surface area contributed by atoms with Gasteiger partial charge in [0.25, 0.3) is 0 Å². The highest BCUT2D eigenvalue weighted by Crippen LogP contribution is 2.21. The van der Waals surface area contributed by atoms with Gasteiger partial charge in [0, 0.05) is 0 Å². The van der Waals surface area contributed by atoms with E-state index in [-0.39, 0.29) is 0 Å². The van der Waals surface area contributed by atoms with Crippen LogP contribution in [0.2, 0.25) is 0 Å². The van der Waals surface area contributed by atoms with Crippen LogP contribution in [-0.4, -0.2) is 33.4 Å². The van der Waals surface area contributed by atoms with Crippen LogP contribution in [0.3, 0.4) is 0 Å². The van der Waals surface area contributed by atoms with Crippen molar-refractivity contribution in [2.45, 2.75) is 0 Å². The Bertz CT molecular complexity index is 265. The molecule has 1 fully saturated rings. The standard InChI is InChI=1S/C11H15NO/c1-12(7-9-13-10-8-12)11-5-3-2-4-6-11/h3-6H,7-10H2,1H3/q+1. The van der Waals surface area contributed by atoms with Crippen molar-refractivity contribution in [3.05, 3.63) is 30.3 Å². The third-order valence-electron chi connectivity index (χ3n) is 2.78. The number of rotatable bonds is 1. The van der Waals surface area contributed by atoms with Crippen molar-refractivity contribution < 1.29 is 4.74 Å². The Hall–Kier alpha value is -0.860. The van der Waals surface area contributed by atoms with E-state index in [1.54, 1.807) is 0 Å². The molecule has 1 radical (unpaired) electrons.